The van der Waals surface area contributed by atoms with Gasteiger partial charge in [-0.05, 0) is 102 Å². The molecule has 4 heteroatoms. The first-order valence-electron chi connectivity index (χ1n) is 16.7. The van der Waals surface area contributed by atoms with E-state index in [1.165, 1.54) is 36.0 Å². The highest BCUT2D eigenvalue weighted by molar-refractivity contribution is 5.96. The minimum absolute atomic E-state index is 0.0302. The van der Waals surface area contributed by atoms with Gasteiger partial charge in [0, 0.05) is 30.9 Å². The molecule has 2 aromatic carbocycles. The van der Waals surface area contributed by atoms with E-state index in [9.17, 15) is 4.79 Å². The number of carbonyl (C=O) groups is 1. The third-order valence-electron chi connectivity index (χ3n) is 7.09. The first-order valence-corrected chi connectivity index (χ1v) is 16.7. The molecule has 0 fully saturated rings. The summed E-state index contributed by atoms with van der Waals surface area (Å²) < 4.78 is 0. The average molecular weight is 602 g/mol. The molecule has 0 aliphatic rings. The fourth-order valence-electron chi connectivity index (χ4n) is 4.17. The Kier molecular flexibility index (Phi) is 22.9. The second-order valence-electron chi connectivity index (χ2n) is 11.5. The molecule has 44 heavy (non-hydrogen) atoms. The normalized spacial score (nSPS) is 10.7. The lowest BCUT2D eigenvalue weighted by atomic mass is 10.1. The van der Waals surface area contributed by atoms with Crippen molar-refractivity contribution in [1.82, 2.24) is 5.32 Å². The van der Waals surface area contributed by atoms with Crippen molar-refractivity contribution in [2.75, 3.05) is 29.9 Å². The van der Waals surface area contributed by atoms with Gasteiger partial charge in [-0.1, -0.05) is 95.2 Å². The molecule has 0 unspecified atom stereocenters. The van der Waals surface area contributed by atoms with Gasteiger partial charge in [-0.2, -0.15) is 0 Å². The summed E-state index contributed by atoms with van der Waals surface area (Å²) in [5.74, 6) is -0.0302. The number of amides is 1. The van der Waals surface area contributed by atoms with E-state index in [0.29, 0.717) is 12.1 Å². The Labute approximate surface area is 271 Å². The molecule has 0 aromatic heterocycles. The van der Waals surface area contributed by atoms with Gasteiger partial charge < -0.3 is 15.5 Å². The predicted molar refractivity (Wildman–Crippen MR) is 198 cm³/mol. The SMILES string of the molecule is C=C(C)CCCC.C=C(Nc1cc(C(=O)NCCCC)ccc1N(CCC)CCC)/C(C)=C/C=C\C.Cc1ccccc1C. The Balaban J connectivity index is 0.000000997. The van der Waals surface area contributed by atoms with Gasteiger partial charge in [0.1, 0.15) is 0 Å². The molecule has 2 N–H and O–H groups in total. The maximum absolute atomic E-state index is 12.6. The highest BCUT2D eigenvalue weighted by atomic mass is 16.1. The second kappa shape index (κ2) is 24.9. The number of benzene rings is 2. The molecular weight excluding hydrogens is 538 g/mol. The fourth-order valence-corrected chi connectivity index (χ4v) is 4.17. The summed E-state index contributed by atoms with van der Waals surface area (Å²) >= 11 is 0. The molecule has 0 radical (unpaired) electrons. The number of nitrogens with one attached hydrogen (secondary N) is 2. The van der Waals surface area contributed by atoms with Crippen molar-refractivity contribution in [3.05, 3.63) is 107 Å². The number of anilines is 2. The summed E-state index contributed by atoms with van der Waals surface area (Å²) in [6.07, 6.45) is 14.0. The smallest absolute Gasteiger partial charge is 0.251 e. The summed E-state index contributed by atoms with van der Waals surface area (Å²) in [5, 5.41) is 6.47. The summed E-state index contributed by atoms with van der Waals surface area (Å²) in [6.45, 7) is 29.7. The molecule has 2 aromatic rings. The summed E-state index contributed by atoms with van der Waals surface area (Å²) in [7, 11) is 0. The van der Waals surface area contributed by atoms with Gasteiger partial charge in [0.05, 0.1) is 11.4 Å². The highest BCUT2D eigenvalue weighted by Crippen LogP contribution is 2.30. The Bertz CT molecular complexity index is 1150. The van der Waals surface area contributed by atoms with Crippen molar-refractivity contribution in [3.8, 4) is 0 Å². The Morgan fingerprint density at radius 2 is 1.45 bits per heavy atom. The van der Waals surface area contributed by atoms with Crippen LogP contribution in [0.2, 0.25) is 0 Å². The number of allylic oxidation sites excluding steroid dienone is 5. The van der Waals surface area contributed by atoms with Crippen LogP contribution in [0.25, 0.3) is 0 Å². The Morgan fingerprint density at radius 3 is 1.91 bits per heavy atom. The van der Waals surface area contributed by atoms with Crippen LogP contribution >= 0.6 is 0 Å². The average Bonchev–Trinajstić information content (AvgIpc) is 3.00. The van der Waals surface area contributed by atoms with Gasteiger partial charge in [-0.15, -0.1) is 6.58 Å². The lowest BCUT2D eigenvalue weighted by molar-refractivity contribution is 0.0953. The molecule has 0 aliphatic heterocycles. The number of nitrogens with zero attached hydrogens (tertiary/aromatic N) is 1. The number of rotatable bonds is 16. The van der Waals surface area contributed by atoms with Crippen LogP contribution in [0.1, 0.15) is 115 Å². The molecular formula is C40H63N3O. The topological polar surface area (TPSA) is 44.4 Å². The fraction of sp³-hybridized carbons (Fsp3) is 0.475. The van der Waals surface area contributed by atoms with E-state index in [4.69, 9.17) is 0 Å². The first kappa shape index (κ1) is 40.5. The number of hydrogen-bond donors (Lipinski definition) is 2. The Morgan fingerprint density at radius 1 is 0.864 bits per heavy atom. The van der Waals surface area contributed by atoms with Crippen LogP contribution in [0.15, 0.2) is 90.7 Å². The van der Waals surface area contributed by atoms with Gasteiger partial charge in [-0.3, -0.25) is 4.79 Å². The third kappa shape index (κ3) is 17.6. The van der Waals surface area contributed by atoms with Gasteiger partial charge in [0.25, 0.3) is 5.91 Å². The van der Waals surface area contributed by atoms with E-state index in [2.05, 4.69) is 107 Å². The molecule has 0 saturated heterocycles. The van der Waals surface area contributed by atoms with Gasteiger partial charge in [0.15, 0.2) is 0 Å². The minimum Gasteiger partial charge on any atom is -0.370 e. The summed E-state index contributed by atoms with van der Waals surface area (Å²) in [6, 6.07) is 14.3. The Hall–Kier alpha value is -3.53. The molecule has 244 valence electrons. The number of carbonyl (C=O) groups excluding carboxylic acids is 1. The number of hydrogen-bond acceptors (Lipinski definition) is 3. The first-order chi connectivity index (χ1) is 21.1. The van der Waals surface area contributed by atoms with E-state index in [-0.39, 0.29) is 5.91 Å². The zero-order valence-electron chi connectivity index (χ0n) is 29.6. The quantitative estimate of drug-likeness (QED) is 0.114. The molecule has 0 spiro atoms. The summed E-state index contributed by atoms with van der Waals surface area (Å²) in [4.78, 5) is 14.9. The van der Waals surface area contributed by atoms with Crippen LogP contribution in [-0.4, -0.2) is 25.5 Å². The monoisotopic (exact) mass is 601 g/mol. The number of unbranched alkanes of at least 4 members (excludes halogenated alkanes) is 2. The lowest BCUT2D eigenvalue weighted by Crippen LogP contribution is -2.27. The largest absolute Gasteiger partial charge is 0.370 e. The molecule has 0 heterocycles. The van der Waals surface area contributed by atoms with Crippen LogP contribution < -0.4 is 15.5 Å². The standard InChI is InChI=1S/C25H39N3O.C8H10.C7H14/c1-7-11-13-20(5)21(6)27-23-19-22(25(29)26-16-12-8-2)14-15-24(23)28(17-9-3)18-10-4;1-7-5-3-4-6-8(7)2;1-4-5-6-7(2)3/h7,11,13-15,19,27H,6,8-10,12,16-18H2,1-5H3,(H,26,29);3-6H,1-2H3;2,4-6H2,1,3H3/b11-7-,20-13+;;. The van der Waals surface area contributed by atoms with Gasteiger partial charge in [-0.25, -0.2) is 0 Å². The molecule has 0 bridgehead atoms. The van der Waals surface area contributed by atoms with Crippen molar-refractivity contribution >= 4 is 17.3 Å². The van der Waals surface area contributed by atoms with Crippen LogP contribution in [0.4, 0.5) is 11.4 Å². The molecule has 4 nitrogen and oxygen atoms in total. The summed E-state index contributed by atoms with van der Waals surface area (Å²) in [5.41, 5.74) is 8.64. The van der Waals surface area contributed by atoms with E-state index in [0.717, 1.165) is 61.4 Å². The zero-order chi connectivity index (χ0) is 33.3. The van der Waals surface area contributed by atoms with Crippen molar-refractivity contribution < 1.29 is 4.79 Å². The van der Waals surface area contributed by atoms with Crippen molar-refractivity contribution in [1.29, 1.82) is 0 Å². The van der Waals surface area contributed by atoms with Crippen LogP contribution in [-0.2, 0) is 0 Å². The van der Waals surface area contributed by atoms with Crippen molar-refractivity contribution in [2.45, 2.75) is 107 Å². The van der Waals surface area contributed by atoms with E-state index in [1.54, 1.807) is 0 Å². The van der Waals surface area contributed by atoms with Crippen LogP contribution in [0.5, 0.6) is 0 Å². The molecule has 0 atom stereocenters. The third-order valence-corrected chi connectivity index (χ3v) is 7.09. The molecule has 0 saturated carbocycles. The second-order valence-corrected chi connectivity index (χ2v) is 11.5. The maximum Gasteiger partial charge on any atom is 0.251 e. The van der Waals surface area contributed by atoms with Crippen LogP contribution in [0.3, 0.4) is 0 Å². The zero-order valence-corrected chi connectivity index (χ0v) is 29.6. The predicted octanol–water partition coefficient (Wildman–Crippen LogP) is 11.3. The number of aryl methyl sites for hydroxylation is 2. The van der Waals surface area contributed by atoms with E-state index < -0.39 is 0 Å². The van der Waals surface area contributed by atoms with Gasteiger partial charge in [0.2, 0.25) is 0 Å². The maximum atomic E-state index is 12.6. The van der Waals surface area contributed by atoms with Crippen molar-refractivity contribution in [2.24, 2.45) is 0 Å². The highest BCUT2D eigenvalue weighted by Gasteiger charge is 2.15. The van der Waals surface area contributed by atoms with Gasteiger partial charge >= 0.3 is 0 Å². The minimum atomic E-state index is -0.0302. The van der Waals surface area contributed by atoms with E-state index in [1.807, 2.05) is 44.2 Å². The van der Waals surface area contributed by atoms with Crippen LogP contribution in [0, 0.1) is 13.8 Å². The van der Waals surface area contributed by atoms with E-state index >= 15 is 0 Å². The lowest BCUT2D eigenvalue weighted by Gasteiger charge is -2.27. The molecule has 1 amide bonds. The molecule has 0 aliphatic carbocycles. The molecule has 2 rings (SSSR count). The van der Waals surface area contributed by atoms with Crippen molar-refractivity contribution in [3.63, 3.8) is 0 Å².